The van der Waals surface area contributed by atoms with Crippen LogP contribution in [0.25, 0.3) is 0 Å². The van der Waals surface area contributed by atoms with Crippen LogP contribution in [0.3, 0.4) is 0 Å². The van der Waals surface area contributed by atoms with Crippen molar-refractivity contribution in [2.24, 2.45) is 0 Å². The van der Waals surface area contributed by atoms with E-state index in [1.807, 2.05) is 12.1 Å². The largest absolute Gasteiger partial charge is 0.364 e. The number of rotatable bonds is 1. The summed E-state index contributed by atoms with van der Waals surface area (Å²) in [5, 5.41) is 8.74. The van der Waals surface area contributed by atoms with Crippen molar-refractivity contribution >= 4 is 12.6 Å². The summed E-state index contributed by atoms with van der Waals surface area (Å²) >= 11 is 3.77. The van der Waals surface area contributed by atoms with Crippen molar-refractivity contribution in [3.05, 3.63) is 24.5 Å². The van der Waals surface area contributed by atoms with Crippen LogP contribution in [0.5, 0.6) is 0 Å². The molecular weight excluding hydrogens is 122 g/mol. The quantitative estimate of drug-likeness (QED) is 0.427. The highest BCUT2D eigenvalue weighted by Crippen LogP contribution is 2.04. The van der Waals surface area contributed by atoms with E-state index in [1.165, 1.54) is 0 Å². The molecule has 0 saturated carbocycles. The van der Waals surface area contributed by atoms with E-state index in [2.05, 4.69) is 12.6 Å². The second-order valence-corrected chi connectivity index (χ2v) is 1.94. The van der Waals surface area contributed by atoms with Gasteiger partial charge in [-0.2, -0.15) is 0 Å². The molecule has 1 rings (SSSR count). The lowest BCUT2D eigenvalue weighted by Gasteiger charge is -2.01. The molecule has 0 aliphatic carbocycles. The molecule has 0 fully saturated rings. The van der Waals surface area contributed by atoms with Crippen molar-refractivity contribution in [2.75, 3.05) is 0 Å². The van der Waals surface area contributed by atoms with Crippen LogP contribution in [0.15, 0.2) is 24.5 Å². The molecule has 1 heterocycles. The summed E-state index contributed by atoms with van der Waals surface area (Å²) in [5.41, 5.74) is -0.704. The Bertz CT molecular complexity index is 147. The second-order valence-electron chi connectivity index (χ2n) is 1.48. The van der Waals surface area contributed by atoms with Crippen LogP contribution in [0.4, 0.5) is 0 Å². The maximum Gasteiger partial charge on any atom is 0.176 e. The molecule has 0 radical (unpaired) electrons. The number of thiol groups is 1. The molecule has 1 N–H and O–H groups in total. The third kappa shape index (κ3) is 1.05. The predicted molar refractivity (Wildman–Crippen MR) is 34.7 cm³/mol. The minimum Gasteiger partial charge on any atom is -0.364 e. The van der Waals surface area contributed by atoms with Gasteiger partial charge in [0.05, 0.1) is 0 Å². The van der Waals surface area contributed by atoms with Crippen molar-refractivity contribution < 1.29 is 5.11 Å². The summed E-state index contributed by atoms with van der Waals surface area (Å²) in [6.45, 7) is 0. The molecular formula is C5H7NOS. The molecule has 0 spiro atoms. The minimum absolute atomic E-state index is 0.704. The fourth-order valence-corrected chi connectivity index (χ4v) is 0.656. The highest BCUT2D eigenvalue weighted by atomic mass is 32.1. The zero-order valence-corrected chi connectivity index (χ0v) is 5.12. The topological polar surface area (TPSA) is 25.2 Å². The Balaban J connectivity index is 2.77. The molecule has 1 aromatic rings. The highest BCUT2D eigenvalue weighted by molar-refractivity contribution is 7.80. The van der Waals surface area contributed by atoms with E-state index in [9.17, 15) is 0 Å². The van der Waals surface area contributed by atoms with Gasteiger partial charge >= 0.3 is 0 Å². The van der Waals surface area contributed by atoms with Gasteiger partial charge in [0.1, 0.15) is 0 Å². The van der Waals surface area contributed by atoms with E-state index in [-0.39, 0.29) is 0 Å². The lowest BCUT2D eigenvalue weighted by Crippen LogP contribution is -1.95. The van der Waals surface area contributed by atoms with Gasteiger partial charge in [0.15, 0.2) is 5.56 Å². The van der Waals surface area contributed by atoms with Crippen LogP contribution in [-0.2, 0) is 0 Å². The van der Waals surface area contributed by atoms with Crippen molar-refractivity contribution in [1.29, 1.82) is 0 Å². The van der Waals surface area contributed by atoms with Crippen molar-refractivity contribution in [2.45, 2.75) is 5.56 Å². The molecule has 1 unspecified atom stereocenters. The minimum atomic E-state index is -0.704. The number of hydrogen-bond acceptors (Lipinski definition) is 2. The molecule has 3 heteroatoms. The van der Waals surface area contributed by atoms with Crippen LogP contribution in [0, 0.1) is 0 Å². The maximum atomic E-state index is 8.74. The van der Waals surface area contributed by atoms with Crippen LogP contribution in [-0.4, -0.2) is 9.67 Å². The average Bonchev–Trinajstić information content (AvgIpc) is 2.12. The Kier molecular flexibility index (Phi) is 1.60. The first-order chi connectivity index (χ1) is 3.80. The van der Waals surface area contributed by atoms with Gasteiger partial charge < -0.3 is 9.67 Å². The zero-order valence-electron chi connectivity index (χ0n) is 4.23. The van der Waals surface area contributed by atoms with Crippen molar-refractivity contribution in [3.63, 3.8) is 0 Å². The monoisotopic (exact) mass is 129 g/mol. The van der Waals surface area contributed by atoms with Gasteiger partial charge in [-0.3, -0.25) is 0 Å². The predicted octanol–water partition coefficient (Wildman–Crippen LogP) is 0.866. The Morgan fingerprint density at radius 1 is 1.38 bits per heavy atom. The molecule has 8 heavy (non-hydrogen) atoms. The number of nitrogens with zero attached hydrogens (tertiary/aromatic N) is 1. The average molecular weight is 129 g/mol. The SMILES string of the molecule is OC(S)n1cccc1. The van der Waals surface area contributed by atoms with Crippen LogP contribution in [0.2, 0.25) is 0 Å². The number of aliphatic hydroxyl groups is 1. The molecule has 1 aromatic heterocycles. The molecule has 0 aliphatic heterocycles. The van der Waals surface area contributed by atoms with Gasteiger partial charge in [-0.1, -0.05) is 0 Å². The zero-order chi connectivity index (χ0) is 5.98. The number of aromatic nitrogens is 1. The van der Waals surface area contributed by atoms with E-state index < -0.39 is 5.56 Å². The third-order valence-corrected chi connectivity index (χ3v) is 1.16. The molecule has 0 saturated heterocycles. The van der Waals surface area contributed by atoms with Gasteiger partial charge in [-0.25, -0.2) is 0 Å². The summed E-state index contributed by atoms with van der Waals surface area (Å²) in [5.74, 6) is 0. The van der Waals surface area contributed by atoms with Gasteiger partial charge in [0.2, 0.25) is 0 Å². The Morgan fingerprint density at radius 2 is 1.88 bits per heavy atom. The maximum absolute atomic E-state index is 8.74. The summed E-state index contributed by atoms with van der Waals surface area (Å²) in [4.78, 5) is 0. The molecule has 0 bridgehead atoms. The first kappa shape index (κ1) is 5.72. The normalized spacial score (nSPS) is 13.8. The molecule has 0 amide bonds. The molecule has 1 atom stereocenters. The fraction of sp³-hybridized carbons (Fsp3) is 0.200. The lowest BCUT2D eigenvalue weighted by atomic mass is 10.7. The number of hydrogen-bond donors (Lipinski definition) is 2. The van der Waals surface area contributed by atoms with E-state index in [0.29, 0.717) is 0 Å². The van der Waals surface area contributed by atoms with E-state index >= 15 is 0 Å². The Morgan fingerprint density at radius 3 is 2.12 bits per heavy atom. The third-order valence-electron chi connectivity index (χ3n) is 0.894. The van der Waals surface area contributed by atoms with E-state index in [1.54, 1.807) is 17.0 Å². The van der Waals surface area contributed by atoms with Crippen molar-refractivity contribution in [1.82, 2.24) is 4.57 Å². The van der Waals surface area contributed by atoms with E-state index in [4.69, 9.17) is 5.11 Å². The number of aliphatic hydroxyl groups excluding tert-OH is 1. The first-order valence-corrected chi connectivity index (χ1v) is 2.81. The Hall–Kier alpha value is -0.410. The second kappa shape index (κ2) is 2.24. The van der Waals surface area contributed by atoms with Crippen LogP contribution < -0.4 is 0 Å². The van der Waals surface area contributed by atoms with E-state index in [0.717, 1.165) is 0 Å². The molecule has 2 nitrogen and oxygen atoms in total. The van der Waals surface area contributed by atoms with Gasteiger partial charge in [0, 0.05) is 12.4 Å². The van der Waals surface area contributed by atoms with Gasteiger partial charge in [-0.05, 0) is 12.1 Å². The lowest BCUT2D eigenvalue weighted by molar-refractivity contribution is 0.201. The van der Waals surface area contributed by atoms with Crippen LogP contribution >= 0.6 is 12.6 Å². The standard InChI is InChI=1S/C5H7NOS/c7-5(8)6-3-1-2-4-6/h1-5,7-8H. The smallest absolute Gasteiger partial charge is 0.176 e. The fourth-order valence-electron chi connectivity index (χ4n) is 0.502. The van der Waals surface area contributed by atoms with Crippen molar-refractivity contribution in [3.8, 4) is 0 Å². The highest BCUT2D eigenvalue weighted by Gasteiger charge is 1.92. The Labute approximate surface area is 53.2 Å². The summed E-state index contributed by atoms with van der Waals surface area (Å²) < 4.78 is 1.59. The van der Waals surface area contributed by atoms with Crippen LogP contribution in [0.1, 0.15) is 5.56 Å². The summed E-state index contributed by atoms with van der Waals surface area (Å²) in [6.07, 6.45) is 3.50. The summed E-state index contributed by atoms with van der Waals surface area (Å²) in [6, 6.07) is 3.67. The molecule has 0 aromatic carbocycles. The first-order valence-electron chi connectivity index (χ1n) is 2.29. The molecule has 44 valence electrons. The molecule has 0 aliphatic rings. The van der Waals surface area contributed by atoms with Gasteiger partial charge in [0.25, 0.3) is 0 Å². The summed E-state index contributed by atoms with van der Waals surface area (Å²) in [7, 11) is 0. The van der Waals surface area contributed by atoms with Gasteiger partial charge in [-0.15, -0.1) is 12.6 Å².